The molecule has 4 nitrogen and oxygen atoms in total. The Morgan fingerprint density at radius 2 is 1.06 bits per heavy atom. The Kier molecular flexibility index (Phi) is 15.9. The van der Waals surface area contributed by atoms with Crippen LogP contribution in [0, 0.1) is 0 Å². The average molecular weight is 479 g/mol. The standard InChI is InChI=1S/C30H54O4/c1-23(2)13-12-22-30(8,34)28(32)21-19-25(4)15-10-9-14-24(3)16-11-17-26(5)18-20-27(31)29(6,7)33/h13-15,17,27-28,31-34H,9-12,16,18-22H2,1-8H3/b24-14+,25-15+,26-17+/t27-,28-,30+/m1/s1. The number of aliphatic hydroxyl groups excluding tert-OH is 2. The van der Waals surface area contributed by atoms with Crippen molar-refractivity contribution in [3.05, 3.63) is 46.6 Å². The lowest BCUT2D eigenvalue weighted by molar-refractivity contribution is -0.0691. The molecule has 0 aliphatic heterocycles. The molecule has 0 fully saturated rings. The Bertz CT molecular complexity index is 685. The molecule has 0 saturated heterocycles. The predicted octanol–water partition coefficient (Wildman–Crippen LogP) is 6.94. The molecule has 0 aromatic heterocycles. The van der Waals surface area contributed by atoms with Gasteiger partial charge in [0.2, 0.25) is 0 Å². The lowest BCUT2D eigenvalue weighted by atomic mass is 9.89. The second kappa shape index (κ2) is 16.5. The number of rotatable bonds is 17. The van der Waals surface area contributed by atoms with E-state index in [9.17, 15) is 20.4 Å². The highest BCUT2D eigenvalue weighted by Crippen LogP contribution is 2.23. The van der Waals surface area contributed by atoms with Gasteiger partial charge in [0.05, 0.1) is 23.4 Å². The first-order chi connectivity index (χ1) is 15.6. The minimum atomic E-state index is -1.05. The zero-order chi connectivity index (χ0) is 26.4. The summed E-state index contributed by atoms with van der Waals surface area (Å²) < 4.78 is 0. The molecule has 0 spiro atoms. The van der Waals surface area contributed by atoms with Gasteiger partial charge in [-0.3, -0.25) is 0 Å². The number of hydrogen-bond acceptors (Lipinski definition) is 4. The van der Waals surface area contributed by atoms with Crippen molar-refractivity contribution in [3.63, 3.8) is 0 Å². The zero-order valence-corrected chi connectivity index (χ0v) is 23.3. The molecule has 0 aliphatic carbocycles. The van der Waals surface area contributed by atoms with Crippen LogP contribution in [0.3, 0.4) is 0 Å². The predicted molar refractivity (Wildman–Crippen MR) is 146 cm³/mol. The molecule has 0 aromatic carbocycles. The van der Waals surface area contributed by atoms with Gasteiger partial charge in [-0.15, -0.1) is 0 Å². The third-order valence-electron chi connectivity index (χ3n) is 6.54. The number of allylic oxidation sites excluding steroid dienone is 8. The van der Waals surface area contributed by atoms with Crippen LogP contribution < -0.4 is 0 Å². The van der Waals surface area contributed by atoms with E-state index in [0.717, 1.165) is 44.9 Å². The van der Waals surface area contributed by atoms with Gasteiger partial charge in [-0.05, 0) is 120 Å². The Hall–Kier alpha value is -1.20. The monoisotopic (exact) mass is 478 g/mol. The van der Waals surface area contributed by atoms with E-state index in [-0.39, 0.29) is 0 Å². The maximum atomic E-state index is 10.5. The first-order valence-electron chi connectivity index (χ1n) is 13.1. The van der Waals surface area contributed by atoms with Gasteiger partial charge in [-0.2, -0.15) is 0 Å². The third kappa shape index (κ3) is 16.4. The van der Waals surface area contributed by atoms with E-state index in [1.165, 1.54) is 22.3 Å². The van der Waals surface area contributed by atoms with Gasteiger partial charge >= 0.3 is 0 Å². The Morgan fingerprint density at radius 3 is 1.53 bits per heavy atom. The summed E-state index contributed by atoms with van der Waals surface area (Å²) in [5.74, 6) is 0. The molecule has 198 valence electrons. The fourth-order valence-corrected chi connectivity index (χ4v) is 3.72. The van der Waals surface area contributed by atoms with Crippen molar-refractivity contribution < 1.29 is 20.4 Å². The van der Waals surface area contributed by atoms with Crippen LogP contribution in [0.2, 0.25) is 0 Å². The summed E-state index contributed by atoms with van der Waals surface area (Å²) in [5.41, 5.74) is 3.05. The first kappa shape index (κ1) is 32.8. The molecule has 0 saturated carbocycles. The molecule has 4 N–H and O–H groups in total. The fourth-order valence-electron chi connectivity index (χ4n) is 3.72. The van der Waals surface area contributed by atoms with Crippen LogP contribution in [0.1, 0.15) is 120 Å². The number of hydrogen-bond donors (Lipinski definition) is 4. The SMILES string of the molecule is CC(C)=CCC[C@](C)(O)[C@H](O)CC/C(C)=C/CC/C=C(\C)CC/C=C(\C)CC[C@@H](O)C(C)(C)O. The van der Waals surface area contributed by atoms with Crippen molar-refractivity contribution in [3.8, 4) is 0 Å². The number of aliphatic hydroxyl groups is 4. The van der Waals surface area contributed by atoms with Crippen molar-refractivity contribution in [2.75, 3.05) is 0 Å². The number of unbranched alkanes of at least 4 members (excludes halogenated alkanes) is 1. The van der Waals surface area contributed by atoms with Crippen LogP contribution in [0.4, 0.5) is 0 Å². The van der Waals surface area contributed by atoms with E-state index in [4.69, 9.17) is 0 Å². The summed E-state index contributed by atoms with van der Waals surface area (Å²) in [5, 5.41) is 40.7. The van der Waals surface area contributed by atoms with Crippen LogP contribution in [0.25, 0.3) is 0 Å². The molecule has 0 amide bonds. The van der Waals surface area contributed by atoms with E-state index in [1.54, 1.807) is 20.8 Å². The minimum absolute atomic E-state index is 0.573. The smallest absolute Gasteiger partial charge is 0.0880 e. The maximum Gasteiger partial charge on any atom is 0.0880 e. The van der Waals surface area contributed by atoms with Crippen molar-refractivity contribution in [1.82, 2.24) is 0 Å². The van der Waals surface area contributed by atoms with Gasteiger partial charge in [0.1, 0.15) is 0 Å². The van der Waals surface area contributed by atoms with E-state index >= 15 is 0 Å². The fraction of sp³-hybridized carbons (Fsp3) is 0.733. The largest absolute Gasteiger partial charge is 0.390 e. The van der Waals surface area contributed by atoms with Crippen molar-refractivity contribution in [2.45, 2.75) is 143 Å². The lowest BCUT2D eigenvalue weighted by Crippen LogP contribution is -2.39. The molecule has 0 heterocycles. The van der Waals surface area contributed by atoms with Crippen LogP contribution >= 0.6 is 0 Å². The van der Waals surface area contributed by atoms with Gasteiger partial charge in [0.15, 0.2) is 0 Å². The Morgan fingerprint density at radius 1 is 0.618 bits per heavy atom. The Balaban J connectivity index is 4.26. The molecular weight excluding hydrogens is 424 g/mol. The zero-order valence-electron chi connectivity index (χ0n) is 23.3. The normalized spacial score (nSPS) is 17.4. The van der Waals surface area contributed by atoms with Crippen LogP contribution in [-0.4, -0.2) is 43.8 Å². The summed E-state index contributed by atoms with van der Waals surface area (Å²) >= 11 is 0. The van der Waals surface area contributed by atoms with Gasteiger partial charge in [-0.1, -0.05) is 46.6 Å². The summed E-state index contributed by atoms with van der Waals surface area (Å²) in [6.45, 7) is 15.5. The van der Waals surface area contributed by atoms with Crippen molar-refractivity contribution in [1.29, 1.82) is 0 Å². The first-order valence-corrected chi connectivity index (χ1v) is 13.1. The molecule has 0 unspecified atom stereocenters. The van der Waals surface area contributed by atoms with Gasteiger partial charge in [0.25, 0.3) is 0 Å². The molecule has 3 atom stereocenters. The third-order valence-corrected chi connectivity index (χ3v) is 6.54. The van der Waals surface area contributed by atoms with Crippen LogP contribution in [0.15, 0.2) is 46.6 Å². The van der Waals surface area contributed by atoms with Gasteiger partial charge in [0, 0.05) is 0 Å². The van der Waals surface area contributed by atoms with E-state index in [2.05, 4.69) is 45.1 Å². The van der Waals surface area contributed by atoms with Crippen molar-refractivity contribution in [2.24, 2.45) is 0 Å². The molecule has 34 heavy (non-hydrogen) atoms. The minimum Gasteiger partial charge on any atom is -0.390 e. The molecule has 0 rings (SSSR count). The summed E-state index contributed by atoms with van der Waals surface area (Å²) in [6, 6.07) is 0. The van der Waals surface area contributed by atoms with E-state index < -0.39 is 23.4 Å². The van der Waals surface area contributed by atoms with Crippen LogP contribution in [0.5, 0.6) is 0 Å². The van der Waals surface area contributed by atoms with Crippen molar-refractivity contribution >= 4 is 0 Å². The van der Waals surface area contributed by atoms with E-state index in [1.807, 2.05) is 13.8 Å². The highest BCUT2D eigenvalue weighted by atomic mass is 16.3. The molecule has 0 aromatic rings. The second-order valence-electron chi connectivity index (χ2n) is 11.2. The molecule has 4 heteroatoms. The summed E-state index contributed by atoms with van der Waals surface area (Å²) in [6.07, 6.45) is 15.6. The van der Waals surface area contributed by atoms with Crippen LogP contribution in [-0.2, 0) is 0 Å². The topological polar surface area (TPSA) is 80.9 Å². The summed E-state index contributed by atoms with van der Waals surface area (Å²) in [7, 11) is 0. The molecular formula is C30H54O4. The molecule has 0 bridgehead atoms. The van der Waals surface area contributed by atoms with E-state index in [0.29, 0.717) is 19.3 Å². The maximum absolute atomic E-state index is 10.5. The van der Waals surface area contributed by atoms with Gasteiger partial charge in [-0.25, -0.2) is 0 Å². The molecule has 0 aliphatic rings. The Labute approximate surface area is 210 Å². The average Bonchev–Trinajstić information content (AvgIpc) is 2.72. The second-order valence-corrected chi connectivity index (χ2v) is 11.2. The quantitative estimate of drug-likeness (QED) is 0.135. The lowest BCUT2D eigenvalue weighted by Gasteiger charge is -2.29. The van der Waals surface area contributed by atoms with Gasteiger partial charge < -0.3 is 20.4 Å². The molecule has 0 radical (unpaired) electrons. The summed E-state index contributed by atoms with van der Waals surface area (Å²) in [4.78, 5) is 0. The highest BCUT2D eigenvalue weighted by Gasteiger charge is 2.29. The highest BCUT2D eigenvalue weighted by molar-refractivity contribution is 5.06.